The van der Waals surface area contributed by atoms with Crippen LogP contribution in [0.2, 0.25) is 0 Å². The van der Waals surface area contributed by atoms with Crippen LogP contribution in [0.4, 0.5) is 0 Å². The number of likely N-dealkylation sites (tertiary alicyclic amines) is 1. The van der Waals surface area contributed by atoms with E-state index in [9.17, 15) is 4.79 Å². The number of hydrogen-bond acceptors (Lipinski definition) is 5. The van der Waals surface area contributed by atoms with Gasteiger partial charge in [-0.15, -0.1) is 0 Å². The molecule has 92 valence electrons. The number of furan rings is 1. The molecule has 0 aliphatic carbocycles. The summed E-state index contributed by atoms with van der Waals surface area (Å²) in [6, 6.07) is 1.96. The molecule has 5 heteroatoms. The average Bonchev–Trinajstić information content (AvgIpc) is 2.90. The minimum Gasteiger partial charge on any atom is -0.469 e. The molecule has 0 saturated carbocycles. The molecule has 0 unspecified atom stereocenters. The standard InChI is InChI=1S/C12H16N2O3/c1-14-6-9-10-8(3-4-17-10)5-13-12(9,7-14)11(15)16-2/h3-4,9,13H,5-7H2,1-2H3/t9-,12-/m0/s1. The molecule has 1 aromatic rings. The molecule has 1 N–H and O–H groups in total. The maximum atomic E-state index is 12.1. The normalized spacial score (nSPS) is 32.0. The first-order valence-corrected chi connectivity index (χ1v) is 5.75. The molecular weight excluding hydrogens is 220 g/mol. The lowest BCUT2D eigenvalue weighted by Crippen LogP contribution is -2.59. The van der Waals surface area contributed by atoms with E-state index in [1.54, 1.807) is 6.26 Å². The van der Waals surface area contributed by atoms with E-state index in [0.717, 1.165) is 17.9 Å². The fourth-order valence-corrected chi connectivity index (χ4v) is 3.07. The van der Waals surface area contributed by atoms with Crippen molar-refractivity contribution in [3.05, 3.63) is 23.7 Å². The zero-order valence-corrected chi connectivity index (χ0v) is 10.0. The second-order valence-corrected chi connectivity index (χ2v) is 4.88. The van der Waals surface area contributed by atoms with Crippen molar-refractivity contribution < 1.29 is 13.9 Å². The number of likely N-dealkylation sites (N-methyl/N-ethyl adjacent to an activating group) is 1. The van der Waals surface area contributed by atoms with Crippen molar-refractivity contribution >= 4 is 5.97 Å². The molecule has 2 aliphatic rings. The molecule has 3 rings (SSSR count). The Morgan fingerprint density at radius 1 is 1.71 bits per heavy atom. The molecule has 0 amide bonds. The van der Waals surface area contributed by atoms with Crippen molar-refractivity contribution in [1.82, 2.24) is 10.2 Å². The van der Waals surface area contributed by atoms with E-state index >= 15 is 0 Å². The number of methoxy groups -OCH3 is 1. The second-order valence-electron chi connectivity index (χ2n) is 4.88. The monoisotopic (exact) mass is 236 g/mol. The van der Waals surface area contributed by atoms with Gasteiger partial charge >= 0.3 is 5.97 Å². The molecule has 0 radical (unpaired) electrons. The van der Waals surface area contributed by atoms with Gasteiger partial charge in [-0.05, 0) is 13.1 Å². The molecular formula is C12H16N2O3. The molecule has 0 aromatic carbocycles. The molecule has 2 aliphatic heterocycles. The lowest BCUT2D eigenvalue weighted by atomic mass is 9.81. The Morgan fingerprint density at radius 2 is 2.53 bits per heavy atom. The van der Waals surface area contributed by atoms with Gasteiger partial charge in [-0.1, -0.05) is 0 Å². The number of rotatable bonds is 1. The summed E-state index contributed by atoms with van der Waals surface area (Å²) in [6.45, 7) is 2.12. The Bertz CT molecular complexity index is 456. The Kier molecular flexibility index (Phi) is 2.27. The Morgan fingerprint density at radius 3 is 3.29 bits per heavy atom. The lowest BCUT2D eigenvalue weighted by molar-refractivity contribution is -0.149. The van der Waals surface area contributed by atoms with Gasteiger partial charge < -0.3 is 14.1 Å². The van der Waals surface area contributed by atoms with E-state index in [0.29, 0.717) is 13.1 Å². The van der Waals surface area contributed by atoms with Crippen LogP contribution in [0.25, 0.3) is 0 Å². The van der Waals surface area contributed by atoms with E-state index < -0.39 is 5.54 Å². The largest absolute Gasteiger partial charge is 0.469 e. The van der Waals surface area contributed by atoms with Crippen molar-refractivity contribution in [2.45, 2.75) is 18.0 Å². The summed E-state index contributed by atoms with van der Waals surface area (Å²) in [5.74, 6) is 0.770. The molecule has 1 fully saturated rings. The first kappa shape index (κ1) is 10.8. The third kappa shape index (κ3) is 1.36. The Balaban J connectivity index is 2.06. The maximum Gasteiger partial charge on any atom is 0.328 e. The van der Waals surface area contributed by atoms with Crippen LogP contribution >= 0.6 is 0 Å². The number of carbonyl (C=O) groups is 1. The quantitative estimate of drug-likeness (QED) is 0.712. The highest BCUT2D eigenvalue weighted by atomic mass is 16.5. The van der Waals surface area contributed by atoms with Crippen molar-refractivity contribution in [3.63, 3.8) is 0 Å². The molecule has 0 bridgehead atoms. The summed E-state index contributed by atoms with van der Waals surface area (Å²) in [5, 5.41) is 3.34. The summed E-state index contributed by atoms with van der Waals surface area (Å²) in [4.78, 5) is 14.2. The minimum absolute atomic E-state index is 0.0405. The van der Waals surface area contributed by atoms with Gasteiger partial charge in [0.05, 0.1) is 19.3 Å². The number of fused-ring (bicyclic) bond motifs is 3. The van der Waals surface area contributed by atoms with Gasteiger partial charge in [-0.25, -0.2) is 4.79 Å². The smallest absolute Gasteiger partial charge is 0.328 e. The van der Waals surface area contributed by atoms with Gasteiger partial charge in [-0.2, -0.15) is 0 Å². The number of nitrogens with one attached hydrogen (secondary N) is 1. The van der Waals surface area contributed by atoms with Crippen molar-refractivity contribution in [1.29, 1.82) is 0 Å². The van der Waals surface area contributed by atoms with Crippen molar-refractivity contribution in [3.8, 4) is 0 Å². The van der Waals surface area contributed by atoms with Gasteiger partial charge in [0.15, 0.2) is 0 Å². The zero-order chi connectivity index (χ0) is 12.0. The molecule has 1 saturated heterocycles. The predicted octanol–water partition coefficient (Wildman–Crippen LogP) is 0.324. The number of esters is 1. The highest BCUT2D eigenvalue weighted by molar-refractivity contribution is 5.83. The van der Waals surface area contributed by atoms with Crippen LogP contribution in [-0.4, -0.2) is 43.7 Å². The third-order valence-corrected chi connectivity index (χ3v) is 3.85. The van der Waals surface area contributed by atoms with E-state index in [1.165, 1.54) is 7.11 Å². The molecule has 3 heterocycles. The van der Waals surface area contributed by atoms with E-state index in [4.69, 9.17) is 9.15 Å². The number of hydrogen-bond donors (Lipinski definition) is 1. The van der Waals surface area contributed by atoms with Crippen LogP contribution in [0.15, 0.2) is 16.7 Å². The number of nitrogens with zero attached hydrogens (tertiary/aromatic N) is 1. The van der Waals surface area contributed by atoms with E-state index in [2.05, 4.69) is 10.2 Å². The number of ether oxygens (including phenoxy) is 1. The second kappa shape index (κ2) is 3.58. The van der Waals surface area contributed by atoms with Crippen molar-refractivity contribution in [2.24, 2.45) is 0 Å². The Labute approximate surface area is 99.7 Å². The van der Waals surface area contributed by atoms with Crippen LogP contribution in [-0.2, 0) is 16.1 Å². The molecule has 0 spiro atoms. The van der Waals surface area contributed by atoms with E-state index in [1.807, 2.05) is 13.1 Å². The molecule has 5 nitrogen and oxygen atoms in total. The van der Waals surface area contributed by atoms with Gasteiger partial charge in [0, 0.05) is 25.2 Å². The first-order valence-electron chi connectivity index (χ1n) is 5.75. The highest BCUT2D eigenvalue weighted by Gasteiger charge is 2.56. The van der Waals surface area contributed by atoms with Gasteiger partial charge in [0.2, 0.25) is 0 Å². The summed E-state index contributed by atoms with van der Waals surface area (Å²) < 4.78 is 10.5. The molecule has 1 aromatic heterocycles. The maximum absolute atomic E-state index is 12.1. The predicted molar refractivity (Wildman–Crippen MR) is 60.5 cm³/mol. The van der Waals surface area contributed by atoms with Gasteiger partial charge in [-0.3, -0.25) is 5.32 Å². The summed E-state index contributed by atoms with van der Waals surface area (Å²) >= 11 is 0. The summed E-state index contributed by atoms with van der Waals surface area (Å²) in [7, 11) is 3.44. The van der Waals surface area contributed by atoms with Crippen LogP contribution in [0.1, 0.15) is 17.2 Å². The SMILES string of the molecule is COC(=O)[C@]12CN(C)C[C@H]1c1occc1CN2. The Hall–Kier alpha value is -1.33. The minimum atomic E-state index is -0.644. The fourth-order valence-electron chi connectivity index (χ4n) is 3.07. The zero-order valence-electron chi connectivity index (χ0n) is 10.0. The van der Waals surface area contributed by atoms with Crippen LogP contribution in [0, 0.1) is 0 Å². The molecule has 17 heavy (non-hydrogen) atoms. The molecule has 2 atom stereocenters. The van der Waals surface area contributed by atoms with Crippen LogP contribution in [0.5, 0.6) is 0 Å². The average molecular weight is 236 g/mol. The fraction of sp³-hybridized carbons (Fsp3) is 0.583. The summed E-state index contributed by atoms with van der Waals surface area (Å²) in [6.07, 6.45) is 1.69. The number of carbonyl (C=O) groups excluding carboxylic acids is 1. The van der Waals surface area contributed by atoms with E-state index in [-0.39, 0.29) is 11.9 Å². The summed E-state index contributed by atoms with van der Waals surface area (Å²) in [5.41, 5.74) is 0.499. The van der Waals surface area contributed by atoms with Crippen molar-refractivity contribution in [2.75, 3.05) is 27.2 Å². The van der Waals surface area contributed by atoms with Gasteiger partial charge in [0.25, 0.3) is 0 Å². The van der Waals surface area contributed by atoms with Crippen LogP contribution in [0.3, 0.4) is 0 Å². The third-order valence-electron chi connectivity index (χ3n) is 3.85. The topological polar surface area (TPSA) is 54.7 Å². The van der Waals surface area contributed by atoms with Crippen LogP contribution < -0.4 is 5.32 Å². The van der Waals surface area contributed by atoms with Gasteiger partial charge in [0.1, 0.15) is 11.3 Å². The highest BCUT2D eigenvalue weighted by Crippen LogP contribution is 2.41. The lowest BCUT2D eigenvalue weighted by Gasteiger charge is -2.35. The first-order chi connectivity index (χ1) is 8.17.